The fourth-order valence-electron chi connectivity index (χ4n) is 3.23. The number of rotatable bonds is 5. The van der Waals surface area contributed by atoms with Crippen molar-refractivity contribution >= 4 is 21.6 Å². The number of carbonyl (C=O) groups is 1. The van der Waals surface area contributed by atoms with Crippen LogP contribution in [-0.4, -0.2) is 59.1 Å². The number of anilines is 1. The largest absolute Gasteiger partial charge is 0.415 e. The zero-order valence-electron chi connectivity index (χ0n) is 17.1. The highest BCUT2D eigenvalue weighted by Gasteiger charge is 2.29. The van der Waals surface area contributed by atoms with E-state index >= 15 is 0 Å². The van der Waals surface area contributed by atoms with Crippen LogP contribution in [0.15, 0.2) is 47.0 Å². The molecule has 3 heterocycles. The van der Waals surface area contributed by atoms with E-state index < -0.39 is 34.0 Å². The number of hydrogen-bond donors (Lipinski definition) is 0. The quantitative estimate of drug-likeness (QED) is 0.551. The fraction of sp³-hybridized carbons (Fsp3) is 0.300. The van der Waals surface area contributed by atoms with Crippen LogP contribution < -0.4 is 4.90 Å². The Hall–Kier alpha value is -3.48. The first-order chi connectivity index (χ1) is 15.7. The summed E-state index contributed by atoms with van der Waals surface area (Å²) in [5.74, 6) is -1.76. The number of nitrogens with zero attached hydrogens (tertiary/aromatic N) is 5. The summed E-state index contributed by atoms with van der Waals surface area (Å²) >= 11 is 0. The summed E-state index contributed by atoms with van der Waals surface area (Å²) in [6.07, 6.45) is -1.56. The summed E-state index contributed by atoms with van der Waals surface area (Å²) in [5, 5.41) is 6.82. The molecule has 1 aliphatic heterocycles. The molecule has 33 heavy (non-hydrogen) atoms. The summed E-state index contributed by atoms with van der Waals surface area (Å²) < 4.78 is 67.5. The van der Waals surface area contributed by atoms with E-state index in [9.17, 15) is 26.4 Å². The van der Waals surface area contributed by atoms with Crippen molar-refractivity contribution in [3.05, 3.63) is 60.0 Å². The number of sulfone groups is 1. The van der Waals surface area contributed by atoms with Crippen LogP contribution in [0.1, 0.15) is 18.0 Å². The molecule has 1 fully saturated rings. The van der Waals surface area contributed by atoms with Gasteiger partial charge < -0.3 is 9.32 Å². The maximum absolute atomic E-state index is 13.8. The first kappa shape index (κ1) is 22.7. The Balaban J connectivity index is 1.56. The molecule has 13 heteroatoms. The lowest BCUT2D eigenvalue weighted by Crippen LogP contribution is -2.49. The summed E-state index contributed by atoms with van der Waals surface area (Å²) in [6.45, 7) is 0.0178. The molecule has 2 aromatic heterocycles. The van der Waals surface area contributed by atoms with Crippen molar-refractivity contribution < 1.29 is 30.8 Å². The molecule has 1 saturated heterocycles. The number of benzene rings is 1. The van der Waals surface area contributed by atoms with E-state index in [1.165, 1.54) is 40.3 Å². The maximum atomic E-state index is 13.8. The number of halogens is 3. The molecule has 0 radical (unpaired) electrons. The smallest absolute Gasteiger partial charge is 0.324 e. The summed E-state index contributed by atoms with van der Waals surface area (Å²) in [6, 6.07) is 8.02. The van der Waals surface area contributed by atoms with Crippen LogP contribution in [0.3, 0.4) is 0 Å². The van der Waals surface area contributed by atoms with E-state index in [0.29, 0.717) is 11.3 Å². The van der Waals surface area contributed by atoms with Gasteiger partial charge in [0.1, 0.15) is 5.82 Å². The van der Waals surface area contributed by atoms with Crippen LogP contribution in [0.4, 0.5) is 23.7 Å². The predicted octanol–water partition coefficient (Wildman–Crippen LogP) is 3.07. The summed E-state index contributed by atoms with van der Waals surface area (Å²) in [7, 11) is -3.19. The molecule has 174 valence electrons. The lowest BCUT2D eigenvalue weighted by Gasteiger charge is -2.32. The van der Waals surface area contributed by atoms with Gasteiger partial charge in [0.05, 0.1) is 29.3 Å². The molecule has 0 aliphatic carbocycles. The molecule has 0 unspecified atom stereocenters. The van der Waals surface area contributed by atoms with Gasteiger partial charge in [-0.1, -0.05) is 6.07 Å². The average molecular weight is 481 g/mol. The van der Waals surface area contributed by atoms with Crippen LogP contribution in [0, 0.1) is 5.82 Å². The number of alkyl halides is 2. The molecular weight excluding hydrogens is 463 g/mol. The molecule has 9 nitrogen and oxygen atoms in total. The molecule has 1 aromatic carbocycles. The molecule has 0 spiro atoms. The molecule has 0 saturated carbocycles. The van der Waals surface area contributed by atoms with Gasteiger partial charge in [-0.25, -0.2) is 17.6 Å². The van der Waals surface area contributed by atoms with Crippen LogP contribution in [0.25, 0.3) is 11.5 Å². The molecule has 3 aromatic rings. The van der Waals surface area contributed by atoms with Gasteiger partial charge in [-0.3, -0.25) is 9.88 Å². The van der Waals surface area contributed by atoms with Crippen molar-refractivity contribution in [1.29, 1.82) is 0 Å². The van der Waals surface area contributed by atoms with E-state index in [0.717, 1.165) is 0 Å². The first-order valence-corrected chi connectivity index (χ1v) is 11.6. The highest BCUT2D eigenvalue weighted by molar-refractivity contribution is 7.91. The predicted molar refractivity (Wildman–Crippen MR) is 111 cm³/mol. The van der Waals surface area contributed by atoms with E-state index in [2.05, 4.69) is 15.2 Å². The summed E-state index contributed by atoms with van der Waals surface area (Å²) in [5.41, 5.74) is 0.996. The Labute approximate surface area is 186 Å². The first-order valence-electron chi connectivity index (χ1n) is 9.81. The zero-order chi connectivity index (χ0) is 23.6. The number of pyridine rings is 1. The molecule has 0 N–H and O–H groups in total. The van der Waals surface area contributed by atoms with Gasteiger partial charge in [-0.05, 0) is 30.3 Å². The highest BCUT2D eigenvalue weighted by Crippen LogP contribution is 2.24. The Morgan fingerprint density at radius 3 is 2.52 bits per heavy atom. The van der Waals surface area contributed by atoms with E-state index in [-0.39, 0.29) is 42.7 Å². The van der Waals surface area contributed by atoms with Gasteiger partial charge in [-0.2, -0.15) is 8.78 Å². The summed E-state index contributed by atoms with van der Waals surface area (Å²) in [4.78, 5) is 20.1. The van der Waals surface area contributed by atoms with Crippen LogP contribution in [0.5, 0.6) is 0 Å². The van der Waals surface area contributed by atoms with Crippen LogP contribution in [-0.2, 0) is 16.4 Å². The minimum atomic E-state index is -3.19. The lowest BCUT2D eigenvalue weighted by atomic mass is 10.2. The Kier molecular flexibility index (Phi) is 6.31. The van der Waals surface area contributed by atoms with Crippen molar-refractivity contribution in [2.24, 2.45) is 0 Å². The van der Waals surface area contributed by atoms with E-state index in [1.54, 1.807) is 12.1 Å². The van der Waals surface area contributed by atoms with Crippen molar-refractivity contribution in [1.82, 2.24) is 20.1 Å². The normalized spacial score (nSPS) is 15.6. The molecule has 4 rings (SSSR count). The minimum Gasteiger partial charge on any atom is -0.415 e. The third kappa shape index (κ3) is 5.30. The second-order valence-corrected chi connectivity index (χ2v) is 9.58. The van der Waals surface area contributed by atoms with Gasteiger partial charge in [0.2, 0.25) is 5.89 Å². The van der Waals surface area contributed by atoms with Crippen molar-refractivity contribution in [2.75, 3.05) is 29.5 Å². The fourth-order valence-corrected chi connectivity index (χ4v) is 4.43. The SMILES string of the molecule is O=C(N1CCS(=O)(=O)CC1)N(Cc1ccc(-c2nnc(C(F)F)o2)cn1)c1cccc(F)c1. The molecule has 0 atom stereocenters. The second kappa shape index (κ2) is 9.17. The number of carbonyl (C=O) groups excluding carboxylic acids is 1. The van der Waals surface area contributed by atoms with Crippen molar-refractivity contribution in [2.45, 2.75) is 13.0 Å². The van der Waals surface area contributed by atoms with Crippen LogP contribution in [0.2, 0.25) is 0 Å². The number of amides is 2. The number of aromatic nitrogens is 3. The van der Waals surface area contributed by atoms with Crippen LogP contribution >= 0.6 is 0 Å². The second-order valence-electron chi connectivity index (χ2n) is 7.27. The average Bonchev–Trinajstić information content (AvgIpc) is 3.28. The Bertz CT molecular complexity index is 1240. The maximum Gasteiger partial charge on any atom is 0.324 e. The third-order valence-corrected chi connectivity index (χ3v) is 6.59. The van der Waals surface area contributed by atoms with Crippen molar-refractivity contribution in [3.8, 4) is 11.5 Å². The van der Waals surface area contributed by atoms with Crippen molar-refractivity contribution in [3.63, 3.8) is 0 Å². The molecular formula is C20H18F3N5O4S. The number of hydrogen-bond acceptors (Lipinski definition) is 7. The lowest BCUT2D eigenvalue weighted by molar-refractivity contribution is 0.116. The molecule has 2 amide bonds. The van der Waals surface area contributed by atoms with Gasteiger partial charge in [0.25, 0.3) is 5.89 Å². The Morgan fingerprint density at radius 2 is 1.91 bits per heavy atom. The number of urea groups is 1. The monoisotopic (exact) mass is 481 g/mol. The minimum absolute atomic E-state index is 0.0307. The standard InChI is InChI=1S/C20H18F3N5O4S/c21-14-2-1-3-16(10-14)28(20(29)27-6-8-33(30,31)9-7-27)12-15-5-4-13(11-24-15)18-25-26-19(32-18)17(22)23/h1-5,10-11,17H,6-9,12H2. The van der Waals surface area contributed by atoms with Gasteiger partial charge >= 0.3 is 12.5 Å². The molecule has 1 aliphatic rings. The zero-order valence-corrected chi connectivity index (χ0v) is 17.9. The van der Waals surface area contributed by atoms with E-state index in [1.807, 2.05) is 0 Å². The van der Waals surface area contributed by atoms with Gasteiger partial charge in [-0.15, -0.1) is 10.2 Å². The highest BCUT2D eigenvalue weighted by atomic mass is 32.2. The van der Waals surface area contributed by atoms with E-state index in [4.69, 9.17) is 4.42 Å². The third-order valence-electron chi connectivity index (χ3n) is 4.98. The van der Waals surface area contributed by atoms with Gasteiger partial charge in [0, 0.05) is 25.0 Å². The molecule has 0 bridgehead atoms. The van der Waals surface area contributed by atoms with Gasteiger partial charge in [0.15, 0.2) is 9.84 Å². The topological polar surface area (TPSA) is 110 Å². The Morgan fingerprint density at radius 1 is 1.15 bits per heavy atom.